The SMILES string of the molecule is CCCCn1c(CO)nc2cc(N)ccc21. The van der Waals surface area contributed by atoms with Gasteiger partial charge < -0.3 is 15.4 Å². The van der Waals surface area contributed by atoms with E-state index in [1.54, 1.807) is 0 Å². The normalized spacial score (nSPS) is 11.1. The van der Waals surface area contributed by atoms with Crippen LogP contribution in [-0.4, -0.2) is 14.7 Å². The van der Waals surface area contributed by atoms with Gasteiger partial charge in [-0.25, -0.2) is 4.98 Å². The molecule has 1 aromatic carbocycles. The van der Waals surface area contributed by atoms with Crippen molar-refractivity contribution in [1.82, 2.24) is 9.55 Å². The van der Waals surface area contributed by atoms with Crippen LogP contribution in [0.3, 0.4) is 0 Å². The maximum absolute atomic E-state index is 9.27. The monoisotopic (exact) mass is 219 g/mol. The summed E-state index contributed by atoms with van der Waals surface area (Å²) in [4.78, 5) is 4.38. The number of hydrogen-bond donors (Lipinski definition) is 2. The second kappa shape index (κ2) is 4.53. The first-order chi connectivity index (χ1) is 7.76. The third-order valence-electron chi connectivity index (χ3n) is 2.73. The molecule has 0 aliphatic rings. The summed E-state index contributed by atoms with van der Waals surface area (Å²) in [6, 6.07) is 5.68. The molecule has 0 aliphatic heterocycles. The third-order valence-corrected chi connectivity index (χ3v) is 2.73. The molecule has 4 nitrogen and oxygen atoms in total. The molecule has 4 heteroatoms. The molecule has 0 unspecified atom stereocenters. The van der Waals surface area contributed by atoms with E-state index in [1.807, 2.05) is 18.2 Å². The van der Waals surface area contributed by atoms with Crippen LogP contribution in [0.15, 0.2) is 18.2 Å². The molecule has 0 bridgehead atoms. The van der Waals surface area contributed by atoms with Crippen molar-refractivity contribution in [3.8, 4) is 0 Å². The summed E-state index contributed by atoms with van der Waals surface area (Å²) in [6.45, 7) is 3.01. The lowest BCUT2D eigenvalue weighted by atomic mass is 10.2. The predicted octanol–water partition coefficient (Wildman–Crippen LogP) is 1.91. The van der Waals surface area contributed by atoms with E-state index in [0.29, 0.717) is 11.5 Å². The van der Waals surface area contributed by atoms with Gasteiger partial charge in [0.05, 0.1) is 11.0 Å². The van der Waals surface area contributed by atoms with Gasteiger partial charge in [0.15, 0.2) is 0 Å². The molecule has 0 atom stereocenters. The van der Waals surface area contributed by atoms with Crippen LogP contribution in [0.1, 0.15) is 25.6 Å². The summed E-state index contributed by atoms with van der Waals surface area (Å²) in [7, 11) is 0. The van der Waals surface area contributed by atoms with Crippen LogP contribution in [0, 0.1) is 0 Å². The number of benzene rings is 1. The topological polar surface area (TPSA) is 64.1 Å². The van der Waals surface area contributed by atoms with E-state index in [1.165, 1.54) is 0 Å². The number of nitrogen functional groups attached to an aromatic ring is 1. The predicted molar refractivity (Wildman–Crippen MR) is 65.0 cm³/mol. The van der Waals surface area contributed by atoms with E-state index >= 15 is 0 Å². The average molecular weight is 219 g/mol. The molecule has 0 spiro atoms. The lowest BCUT2D eigenvalue weighted by Crippen LogP contribution is -2.03. The summed E-state index contributed by atoms with van der Waals surface area (Å²) in [5.41, 5.74) is 8.33. The second-order valence-corrected chi connectivity index (χ2v) is 3.94. The highest BCUT2D eigenvalue weighted by Crippen LogP contribution is 2.19. The fraction of sp³-hybridized carbons (Fsp3) is 0.417. The minimum Gasteiger partial charge on any atom is -0.399 e. The Morgan fingerprint density at radius 1 is 1.44 bits per heavy atom. The van der Waals surface area contributed by atoms with E-state index in [-0.39, 0.29) is 6.61 Å². The molecule has 0 aliphatic carbocycles. The van der Waals surface area contributed by atoms with Crippen LogP contribution < -0.4 is 5.73 Å². The number of hydrogen-bond acceptors (Lipinski definition) is 3. The van der Waals surface area contributed by atoms with Gasteiger partial charge in [-0.1, -0.05) is 13.3 Å². The molecule has 86 valence electrons. The van der Waals surface area contributed by atoms with Gasteiger partial charge in [-0.2, -0.15) is 0 Å². The fourth-order valence-corrected chi connectivity index (χ4v) is 1.88. The van der Waals surface area contributed by atoms with Crippen molar-refractivity contribution in [3.63, 3.8) is 0 Å². The summed E-state index contributed by atoms with van der Waals surface area (Å²) in [5.74, 6) is 0.717. The smallest absolute Gasteiger partial charge is 0.135 e. The highest BCUT2D eigenvalue weighted by Gasteiger charge is 2.09. The third kappa shape index (κ3) is 1.88. The summed E-state index contributed by atoms with van der Waals surface area (Å²) < 4.78 is 2.07. The number of unbranched alkanes of at least 4 members (excludes halogenated alkanes) is 1. The summed E-state index contributed by atoms with van der Waals surface area (Å²) in [6.07, 6.45) is 2.21. The highest BCUT2D eigenvalue weighted by atomic mass is 16.3. The molecular weight excluding hydrogens is 202 g/mol. The van der Waals surface area contributed by atoms with Crippen molar-refractivity contribution >= 4 is 16.7 Å². The average Bonchev–Trinajstić information content (AvgIpc) is 2.63. The zero-order chi connectivity index (χ0) is 11.5. The van der Waals surface area contributed by atoms with Gasteiger partial charge in [-0.3, -0.25) is 0 Å². The van der Waals surface area contributed by atoms with Gasteiger partial charge in [-0.05, 0) is 24.6 Å². The molecule has 0 saturated heterocycles. The maximum Gasteiger partial charge on any atom is 0.135 e. The Hall–Kier alpha value is -1.55. The van der Waals surface area contributed by atoms with Crippen LogP contribution >= 0.6 is 0 Å². The van der Waals surface area contributed by atoms with Gasteiger partial charge in [-0.15, -0.1) is 0 Å². The summed E-state index contributed by atoms with van der Waals surface area (Å²) >= 11 is 0. The molecule has 2 aromatic rings. The fourth-order valence-electron chi connectivity index (χ4n) is 1.88. The Morgan fingerprint density at radius 3 is 2.94 bits per heavy atom. The highest BCUT2D eigenvalue weighted by molar-refractivity contribution is 5.79. The van der Waals surface area contributed by atoms with Crippen molar-refractivity contribution < 1.29 is 5.11 Å². The van der Waals surface area contributed by atoms with Crippen LogP contribution in [0.4, 0.5) is 5.69 Å². The number of nitrogens with two attached hydrogens (primary N) is 1. The Kier molecular flexibility index (Phi) is 3.10. The Balaban J connectivity index is 2.50. The van der Waals surface area contributed by atoms with Crippen LogP contribution in [0.2, 0.25) is 0 Å². The molecule has 0 fully saturated rings. The number of anilines is 1. The van der Waals surface area contributed by atoms with Gasteiger partial charge in [0.1, 0.15) is 12.4 Å². The number of imidazole rings is 1. The van der Waals surface area contributed by atoms with Crippen molar-refractivity contribution in [2.75, 3.05) is 5.73 Å². The molecule has 0 saturated carbocycles. The minimum atomic E-state index is -0.0295. The lowest BCUT2D eigenvalue weighted by Gasteiger charge is -2.06. The molecular formula is C12H17N3O. The number of aryl methyl sites for hydroxylation is 1. The van der Waals surface area contributed by atoms with Gasteiger partial charge in [0.2, 0.25) is 0 Å². The van der Waals surface area contributed by atoms with Crippen molar-refractivity contribution in [1.29, 1.82) is 0 Å². The lowest BCUT2D eigenvalue weighted by molar-refractivity contribution is 0.265. The Morgan fingerprint density at radius 2 is 2.25 bits per heavy atom. The van der Waals surface area contributed by atoms with Crippen LogP contribution in [-0.2, 0) is 13.2 Å². The van der Waals surface area contributed by atoms with Gasteiger partial charge >= 0.3 is 0 Å². The standard InChI is InChI=1S/C12H17N3O/c1-2-3-6-15-11-5-4-9(13)7-10(11)14-12(15)8-16/h4-5,7,16H,2-3,6,8,13H2,1H3. The largest absolute Gasteiger partial charge is 0.399 e. The number of nitrogens with zero attached hydrogens (tertiary/aromatic N) is 2. The minimum absolute atomic E-state index is 0.0295. The van der Waals surface area contributed by atoms with E-state index in [2.05, 4.69) is 16.5 Å². The number of aromatic nitrogens is 2. The molecule has 0 amide bonds. The molecule has 0 radical (unpaired) electrons. The van der Waals surface area contributed by atoms with E-state index in [4.69, 9.17) is 5.73 Å². The van der Waals surface area contributed by atoms with Gasteiger partial charge in [0.25, 0.3) is 0 Å². The molecule has 3 N–H and O–H groups in total. The molecule has 16 heavy (non-hydrogen) atoms. The first-order valence-electron chi connectivity index (χ1n) is 5.61. The first kappa shape index (κ1) is 11.0. The Labute approximate surface area is 94.7 Å². The van der Waals surface area contributed by atoms with E-state index in [9.17, 15) is 5.11 Å². The summed E-state index contributed by atoms with van der Waals surface area (Å²) in [5, 5.41) is 9.27. The van der Waals surface area contributed by atoms with Crippen LogP contribution in [0.25, 0.3) is 11.0 Å². The van der Waals surface area contributed by atoms with Crippen molar-refractivity contribution in [2.45, 2.75) is 32.9 Å². The Bertz CT molecular complexity index is 490. The van der Waals surface area contributed by atoms with Gasteiger partial charge in [0, 0.05) is 12.2 Å². The quantitative estimate of drug-likeness (QED) is 0.772. The first-order valence-corrected chi connectivity index (χ1v) is 5.61. The number of aliphatic hydroxyl groups excluding tert-OH is 1. The number of rotatable bonds is 4. The van der Waals surface area contributed by atoms with Crippen molar-refractivity contribution in [3.05, 3.63) is 24.0 Å². The van der Waals surface area contributed by atoms with E-state index in [0.717, 1.165) is 30.4 Å². The van der Waals surface area contributed by atoms with Crippen molar-refractivity contribution in [2.24, 2.45) is 0 Å². The molecule has 2 rings (SSSR count). The zero-order valence-electron chi connectivity index (χ0n) is 9.48. The van der Waals surface area contributed by atoms with E-state index < -0.39 is 0 Å². The molecule has 1 aromatic heterocycles. The van der Waals surface area contributed by atoms with Crippen LogP contribution in [0.5, 0.6) is 0 Å². The molecule has 1 heterocycles. The number of aliphatic hydroxyl groups is 1. The second-order valence-electron chi connectivity index (χ2n) is 3.94. The maximum atomic E-state index is 9.27. The zero-order valence-corrected chi connectivity index (χ0v) is 9.48. The number of fused-ring (bicyclic) bond motifs is 1.